The molecule has 0 aliphatic carbocycles. The summed E-state index contributed by atoms with van der Waals surface area (Å²) in [6.07, 6.45) is 1.79. The molecule has 2 saturated heterocycles. The third-order valence-corrected chi connectivity index (χ3v) is 4.06. The van der Waals surface area contributed by atoms with Crippen molar-refractivity contribution in [1.29, 1.82) is 0 Å². The molecule has 3 rings (SSSR count). The minimum absolute atomic E-state index is 0.143. The Balaban J connectivity index is 1.63. The number of morpholine rings is 1. The zero-order chi connectivity index (χ0) is 16.1. The Morgan fingerprint density at radius 2 is 2.30 bits per heavy atom. The molecule has 1 aromatic rings. The summed E-state index contributed by atoms with van der Waals surface area (Å²) in [5, 5.41) is 6.07. The van der Waals surface area contributed by atoms with Crippen LogP contribution in [0.5, 0.6) is 5.75 Å². The third-order valence-electron chi connectivity index (χ3n) is 4.06. The number of aryl methyl sites for hydroxylation is 1. The first-order chi connectivity index (χ1) is 11.2. The van der Waals surface area contributed by atoms with Crippen molar-refractivity contribution in [3.05, 3.63) is 23.8 Å². The van der Waals surface area contributed by atoms with Gasteiger partial charge in [-0.05, 0) is 37.5 Å². The number of hydrogen-bond donors (Lipinski definition) is 2. The summed E-state index contributed by atoms with van der Waals surface area (Å²) in [4.78, 5) is 12.3. The molecule has 0 saturated carbocycles. The van der Waals surface area contributed by atoms with Gasteiger partial charge in [-0.25, -0.2) is 0 Å². The van der Waals surface area contributed by atoms with E-state index < -0.39 is 6.10 Å². The molecule has 6 heteroatoms. The van der Waals surface area contributed by atoms with Gasteiger partial charge in [0.25, 0.3) is 5.91 Å². The predicted molar refractivity (Wildman–Crippen MR) is 86.9 cm³/mol. The lowest BCUT2D eigenvalue weighted by Gasteiger charge is -2.23. The van der Waals surface area contributed by atoms with Gasteiger partial charge in [0.2, 0.25) is 0 Å². The van der Waals surface area contributed by atoms with Crippen molar-refractivity contribution < 1.29 is 19.0 Å². The van der Waals surface area contributed by atoms with Crippen molar-refractivity contribution in [3.63, 3.8) is 0 Å². The van der Waals surface area contributed by atoms with Crippen molar-refractivity contribution in [2.75, 3.05) is 38.2 Å². The standard InChI is InChI=1S/C17H24N2O4/c1-12-4-5-14(19-17(20)16-10-18-6-8-22-16)15(9-12)23-11-13-3-2-7-21-13/h4-5,9,13,16,18H,2-3,6-8,10-11H2,1H3,(H,19,20). The molecule has 1 aromatic carbocycles. The van der Waals surface area contributed by atoms with Gasteiger partial charge in [0.05, 0.1) is 18.4 Å². The first-order valence-electron chi connectivity index (χ1n) is 8.20. The number of nitrogens with one attached hydrogen (secondary N) is 2. The maximum atomic E-state index is 12.3. The van der Waals surface area contributed by atoms with E-state index in [0.717, 1.165) is 31.6 Å². The van der Waals surface area contributed by atoms with Gasteiger partial charge in [-0.1, -0.05) is 6.07 Å². The number of carbonyl (C=O) groups excluding carboxylic acids is 1. The molecule has 0 spiro atoms. The van der Waals surface area contributed by atoms with E-state index in [4.69, 9.17) is 14.2 Å². The third kappa shape index (κ3) is 4.43. The van der Waals surface area contributed by atoms with Crippen molar-refractivity contribution in [1.82, 2.24) is 5.32 Å². The van der Waals surface area contributed by atoms with Crippen LogP contribution in [0.2, 0.25) is 0 Å². The fourth-order valence-corrected chi connectivity index (χ4v) is 2.76. The zero-order valence-corrected chi connectivity index (χ0v) is 13.5. The highest BCUT2D eigenvalue weighted by atomic mass is 16.5. The Labute approximate surface area is 136 Å². The van der Waals surface area contributed by atoms with Crippen LogP contribution in [0.15, 0.2) is 18.2 Å². The Hall–Kier alpha value is -1.63. The second kappa shape index (κ2) is 7.77. The number of ether oxygens (including phenoxy) is 3. The number of anilines is 1. The lowest BCUT2D eigenvalue weighted by atomic mass is 10.2. The first-order valence-corrected chi connectivity index (χ1v) is 8.20. The second-order valence-corrected chi connectivity index (χ2v) is 6.00. The maximum Gasteiger partial charge on any atom is 0.254 e. The smallest absolute Gasteiger partial charge is 0.254 e. The van der Waals surface area contributed by atoms with Gasteiger partial charge in [-0.15, -0.1) is 0 Å². The highest BCUT2D eigenvalue weighted by Crippen LogP contribution is 2.27. The largest absolute Gasteiger partial charge is 0.489 e. The molecule has 2 unspecified atom stereocenters. The molecule has 2 heterocycles. The quantitative estimate of drug-likeness (QED) is 0.860. The van der Waals surface area contributed by atoms with E-state index in [2.05, 4.69) is 10.6 Å². The molecule has 0 radical (unpaired) electrons. The molecule has 2 fully saturated rings. The van der Waals surface area contributed by atoms with Crippen LogP contribution in [0.4, 0.5) is 5.69 Å². The first kappa shape index (κ1) is 16.2. The summed E-state index contributed by atoms with van der Waals surface area (Å²) in [6.45, 7) is 5.17. The highest BCUT2D eigenvalue weighted by molar-refractivity contribution is 5.95. The molecule has 2 N–H and O–H groups in total. The van der Waals surface area contributed by atoms with E-state index in [0.29, 0.717) is 31.2 Å². The molecular formula is C17H24N2O4. The van der Waals surface area contributed by atoms with Gasteiger partial charge >= 0.3 is 0 Å². The summed E-state index contributed by atoms with van der Waals surface area (Å²) in [6, 6.07) is 5.76. The molecule has 2 aliphatic heterocycles. The molecule has 1 amide bonds. The fourth-order valence-electron chi connectivity index (χ4n) is 2.76. The Bertz CT molecular complexity index is 537. The molecule has 0 aromatic heterocycles. The van der Waals surface area contributed by atoms with E-state index >= 15 is 0 Å². The van der Waals surface area contributed by atoms with Gasteiger partial charge in [-0.3, -0.25) is 4.79 Å². The van der Waals surface area contributed by atoms with Crippen LogP contribution in [-0.4, -0.2) is 51.0 Å². The SMILES string of the molecule is Cc1ccc(NC(=O)C2CNCCO2)c(OCC2CCCO2)c1. The summed E-state index contributed by atoms with van der Waals surface area (Å²) in [5.74, 6) is 0.528. The van der Waals surface area contributed by atoms with Crippen LogP contribution in [0.25, 0.3) is 0 Å². The number of carbonyl (C=O) groups is 1. The average molecular weight is 320 g/mol. The second-order valence-electron chi connectivity index (χ2n) is 6.00. The molecule has 23 heavy (non-hydrogen) atoms. The Morgan fingerprint density at radius 3 is 3.04 bits per heavy atom. The topological polar surface area (TPSA) is 68.8 Å². The minimum Gasteiger partial charge on any atom is -0.489 e. The van der Waals surface area contributed by atoms with E-state index in [1.807, 2.05) is 25.1 Å². The number of amides is 1. The maximum absolute atomic E-state index is 12.3. The minimum atomic E-state index is -0.462. The van der Waals surface area contributed by atoms with Crippen LogP contribution in [0, 0.1) is 6.92 Å². The molecule has 2 aliphatic rings. The van der Waals surface area contributed by atoms with Crippen LogP contribution in [0.1, 0.15) is 18.4 Å². The summed E-state index contributed by atoms with van der Waals surface area (Å²) in [7, 11) is 0. The van der Waals surface area contributed by atoms with Crippen molar-refractivity contribution >= 4 is 11.6 Å². The van der Waals surface area contributed by atoms with Crippen molar-refractivity contribution in [3.8, 4) is 5.75 Å². The normalized spacial score (nSPS) is 24.4. The van der Waals surface area contributed by atoms with E-state index in [9.17, 15) is 4.79 Å². The van der Waals surface area contributed by atoms with Crippen LogP contribution >= 0.6 is 0 Å². The van der Waals surface area contributed by atoms with Crippen molar-refractivity contribution in [2.24, 2.45) is 0 Å². The molecule has 6 nitrogen and oxygen atoms in total. The number of hydrogen-bond acceptors (Lipinski definition) is 5. The van der Waals surface area contributed by atoms with Gasteiger partial charge in [-0.2, -0.15) is 0 Å². The summed E-state index contributed by atoms with van der Waals surface area (Å²) >= 11 is 0. The Kier molecular flexibility index (Phi) is 5.48. The van der Waals surface area contributed by atoms with Gasteiger partial charge in [0, 0.05) is 19.7 Å². The summed E-state index contributed by atoms with van der Waals surface area (Å²) in [5.41, 5.74) is 1.76. The van der Waals surface area contributed by atoms with Crippen LogP contribution in [-0.2, 0) is 14.3 Å². The molecule has 126 valence electrons. The zero-order valence-electron chi connectivity index (χ0n) is 13.5. The highest BCUT2D eigenvalue weighted by Gasteiger charge is 2.23. The van der Waals surface area contributed by atoms with Crippen LogP contribution < -0.4 is 15.4 Å². The fraction of sp³-hybridized carbons (Fsp3) is 0.588. The average Bonchev–Trinajstić information content (AvgIpc) is 3.09. The monoisotopic (exact) mass is 320 g/mol. The van der Waals surface area contributed by atoms with E-state index in [1.165, 1.54) is 0 Å². The van der Waals surface area contributed by atoms with E-state index in [1.54, 1.807) is 0 Å². The summed E-state index contributed by atoms with van der Waals surface area (Å²) < 4.78 is 17.0. The van der Waals surface area contributed by atoms with Gasteiger partial charge < -0.3 is 24.8 Å². The number of rotatable bonds is 5. The van der Waals surface area contributed by atoms with Gasteiger partial charge in [0.1, 0.15) is 18.5 Å². The lowest BCUT2D eigenvalue weighted by molar-refractivity contribution is -0.128. The predicted octanol–water partition coefficient (Wildman–Crippen LogP) is 1.48. The van der Waals surface area contributed by atoms with Crippen LogP contribution in [0.3, 0.4) is 0 Å². The number of benzene rings is 1. The van der Waals surface area contributed by atoms with Gasteiger partial charge in [0.15, 0.2) is 0 Å². The van der Waals surface area contributed by atoms with E-state index in [-0.39, 0.29) is 12.0 Å². The lowest BCUT2D eigenvalue weighted by Crippen LogP contribution is -2.45. The molecule has 0 bridgehead atoms. The molecule has 2 atom stereocenters. The van der Waals surface area contributed by atoms with Crippen molar-refractivity contribution in [2.45, 2.75) is 32.0 Å². The Morgan fingerprint density at radius 1 is 1.39 bits per heavy atom. The molecular weight excluding hydrogens is 296 g/mol.